The number of amides is 2. The molecule has 176 valence electrons. The molecule has 1 aromatic heterocycles. The van der Waals surface area contributed by atoms with E-state index in [1.165, 1.54) is 48.9 Å². The number of hydrogen-bond acceptors (Lipinski definition) is 6. The van der Waals surface area contributed by atoms with Gasteiger partial charge < -0.3 is 9.80 Å². The molecule has 0 bridgehead atoms. The van der Waals surface area contributed by atoms with Gasteiger partial charge >= 0.3 is 0 Å². The largest absolute Gasteiger partial charge is 0.339 e. The second-order valence-electron chi connectivity index (χ2n) is 8.93. The Morgan fingerprint density at radius 1 is 1.09 bits per heavy atom. The van der Waals surface area contributed by atoms with Gasteiger partial charge in [0.2, 0.25) is 5.91 Å². The summed E-state index contributed by atoms with van der Waals surface area (Å²) >= 11 is 0. The topological polar surface area (TPSA) is 114 Å². The predicted molar refractivity (Wildman–Crippen MR) is 121 cm³/mol. The summed E-state index contributed by atoms with van der Waals surface area (Å²) in [5, 5.41) is 19.2. The maximum absolute atomic E-state index is 13.0. The number of nitrogens with zero attached hydrogens (tertiary/aromatic N) is 6. The van der Waals surface area contributed by atoms with E-state index in [2.05, 4.69) is 10.3 Å². The van der Waals surface area contributed by atoms with E-state index in [9.17, 15) is 19.7 Å². The van der Waals surface area contributed by atoms with Crippen molar-refractivity contribution < 1.29 is 14.5 Å². The molecule has 2 amide bonds. The van der Waals surface area contributed by atoms with E-state index in [1.807, 2.05) is 4.90 Å². The first kappa shape index (κ1) is 22.9. The maximum atomic E-state index is 13.0. The summed E-state index contributed by atoms with van der Waals surface area (Å²) in [6, 6.07) is 6.05. The van der Waals surface area contributed by atoms with Crippen LogP contribution in [0.1, 0.15) is 61.1 Å². The zero-order valence-electron chi connectivity index (χ0n) is 19.0. The Morgan fingerprint density at radius 2 is 1.79 bits per heavy atom. The van der Waals surface area contributed by atoms with Crippen molar-refractivity contribution in [2.24, 2.45) is 5.92 Å². The number of rotatable bonds is 6. The molecule has 10 heteroatoms. The van der Waals surface area contributed by atoms with Gasteiger partial charge in [-0.25, -0.2) is 4.68 Å². The van der Waals surface area contributed by atoms with Crippen molar-refractivity contribution in [2.75, 3.05) is 26.2 Å². The SMILES string of the molecule is Cc1c(C(=O)N2CCN(C(=O)CCC3CCCCC3)CC2)nnn1-c1cccc([N+](=O)[O-])c1. The number of aromatic nitrogens is 3. The van der Waals surface area contributed by atoms with Crippen LogP contribution in [0.15, 0.2) is 24.3 Å². The molecule has 0 N–H and O–H groups in total. The van der Waals surface area contributed by atoms with Gasteiger partial charge in [-0.2, -0.15) is 0 Å². The van der Waals surface area contributed by atoms with Crippen LogP contribution in [0.4, 0.5) is 5.69 Å². The maximum Gasteiger partial charge on any atom is 0.276 e. The molecule has 1 aromatic carbocycles. The average molecular weight is 455 g/mol. The summed E-state index contributed by atoms with van der Waals surface area (Å²) in [5.74, 6) is 0.626. The molecule has 2 heterocycles. The molecular weight excluding hydrogens is 424 g/mol. The number of carbonyl (C=O) groups excluding carboxylic acids is 2. The highest BCUT2D eigenvalue weighted by atomic mass is 16.6. The van der Waals surface area contributed by atoms with Crippen molar-refractivity contribution in [1.29, 1.82) is 0 Å². The lowest BCUT2D eigenvalue weighted by Gasteiger charge is -2.35. The van der Waals surface area contributed by atoms with Crippen molar-refractivity contribution in [3.63, 3.8) is 0 Å². The van der Waals surface area contributed by atoms with Gasteiger partial charge in [-0.05, 0) is 25.3 Å². The summed E-state index contributed by atoms with van der Waals surface area (Å²) in [7, 11) is 0. The average Bonchev–Trinajstić information content (AvgIpc) is 3.24. The fourth-order valence-corrected chi connectivity index (χ4v) is 4.78. The van der Waals surface area contributed by atoms with Gasteiger partial charge in [-0.1, -0.05) is 43.4 Å². The Labute approximate surface area is 192 Å². The number of carbonyl (C=O) groups is 2. The molecule has 2 aromatic rings. The Bertz CT molecular complexity index is 1020. The van der Waals surface area contributed by atoms with E-state index in [-0.39, 0.29) is 23.2 Å². The molecule has 0 unspecified atom stereocenters. The molecule has 33 heavy (non-hydrogen) atoms. The van der Waals surface area contributed by atoms with Gasteiger partial charge in [-0.15, -0.1) is 5.10 Å². The summed E-state index contributed by atoms with van der Waals surface area (Å²) in [6.07, 6.45) is 7.93. The predicted octanol–water partition coefficient (Wildman–Crippen LogP) is 3.13. The number of nitro benzene ring substituents is 1. The molecule has 2 fully saturated rings. The monoisotopic (exact) mass is 454 g/mol. The highest BCUT2D eigenvalue weighted by molar-refractivity contribution is 5.93. The second kappa shape index (κ2) is 10.1. The third-order valence-electron chi connectivity index (χ3n) is 6.79. The Balaban J connectivity index is 1.34. The fourth-order valence-electron chi connectivity index (χ4n) is 4.78. The van der Waals surface area contributed by atoms with Crippen LogP contribution in [0.2, 0.25) is 0 Å². The standard InChI is InChI=1S/C23H30N6O4/c1-17-22(24-25-28(17)19-8-5-9-20(16-19)29(32)33)23(31)27-14-12-26(13-15-27)21(30)11-10-18-6-3-2-4-7-18/h5,8-9,16,18H,2-4,6-7,10-15H2,1H3. The van der Waals surface area contributed by atoms with Crippen LogP contribution >= 0.6 is 0 Å². The van der Waals surface area contributed by atoms with E-state index in [1.54, 1.807) is 24.0 Å². The van der Waals surface area contributed by atoms with E-state index in [0.717, 1.165) is 6.42 Å². The highest BCUT2D eigenvalue weighted by Gasteiger charge is 2.28. The fraction of sp³-hybridized carbons (Fsp3) is 0.565. The smallest absolute Gasteiger partial charge is 0.276 e. The molecule has 0 radical (unpaired) electrons. The quantitative estimate of drug-likeness (QED) is 0.489. The van der Waals surface area contributed by atoms with Crippen molar-refractivity contribution in [3.8, 4) is 5.69 Å². The van der Waals surface area contributed by atoms with Crippen LogP contribution in [-0.4, -0.2) is 67.7 Å². The van der Waals surface area contributed by atoms with Crippen LogP contribution in [0.5, 0.6) is 0 Å². The number of piperazine rings is 1. The van der Waals surface area contributed by atoms with Crippen LogP contribution in [0, 0.1) is 23.0 Å². The minimum Gasteiger partial charge on any atom is -0.339 e. The highest BCUT2D eigenvalue weighted by Crippen LogP contribution is 2.27. The Hall–Kier alpha value is -3.30. The number of nitro groups is 1. The lowest BCUT2D eigenvalue weighted by molar-refractivity contribution is -0.384. The van der Waals surface area contributed by atoms with Crippen LogP contribution in [0.3, 0.4) is 0 Å². The first-order valence-electron chi connectivity index (χ1n) is 11.7. The van der Waals surface area contributed by atoms with Crippen LogP contribution in [0.25, 0.3) is 5.69 Å². The van der Waals surface area contributed by atoms with Gasteiger partial charge in [-0.3, -0.25) is 19.7 Å². The first-order valence-corrected chi connectivity index (χ1v) is 11.7. The zero-order chi connectivity index (χ0) is 23.4. The zero-order valence-corrected chi connectivity index (χ0v) is 19.0. The molecule has 1 aliphatic carbocycles. The third-order valence-corrected chi connectivity index (χ3v) is 6.79. The lowest BCUT2D eigenvalue weighted by Crippen LogP contribution is -2.50. The van der Waals surface area contributed by atoms with Crippen molar-refractivity contribution >= 4 is 17.5 Å². The van der Waals surface area contributed by atoms with E-state index in [4.69, 9.17) is 0 Å². The van der Waals surface area contributed by atoms with Gasteiger partial charge in [0.05, 0.1) is 16.3 Å². The van der Waals surface area contributed by atoms with Gasteiger partial charge in [0.15, 0.2) is 5.69 Å². The summed E-state index contributed by atoms with van der Waals surface area (Å²) in [6.45, 7) is 3.67. The summed E-state index contributed by atoms with van der Waals surface area (Å²) in [5.41, 5.74) is 1.16. The molecule has 0 spiro atoms. The molecular formula is C23H30N6O4. The van der Waals surface area contributed by atoms with Gasteiger partial charge in [0.1, 0.15) is 0 Å². The molecule has 1 saturated carbocycles. The number of benzene rings is 1. The van der Waals surface area contributed by atoms with Gasteiger partial charge in [0.25, 0.3) is 11.6 Å². The lowest BCUT2D eigenvalue weighted by atomic mass is 9.86. The van der Waals surface area contributed by atoms with Crippen molar-refractivity contribution in [2.45, 2.75) is 51.9 Å². The third kappa shape index (κ3) is 5.20. The van der Waals surface area contributed by atoms with Gasteiger partial charge in [0, 0.05) is 44.7 Å². The summed E-state index contributed by atoms with van der Waals surface area (Å²) in [4.78, 5) is 39.8. The Kier molecular flexibility index (Phi) is 7.00. The second-order valence-corrected chi connectivity index (χ2v) is 8.93. The molecule has 10 nitrogen and oxygen atoms in total. The minimum atomic E-state index is -0.474. The first-order chi connectivity index (χ1) is 15.9. The molecule has 1 saturated heterocycles. The van der Waals surface area contributed by atoms with E-state index < -0.39 is 4.92 Å². The number of non-ortho nitro benzene ring substituents is 1. The van der Waals surface area contributed by atoms with Crippen molar-refractivity contribution in [3.05, 3.63) is 45.8 Å². The summed E-state index contributed by atoms with van der Waals surface area (Å²) < 4.78 is 1.44. The van der Waals surface area contributed by atoms with E-state index in [0.29, 0.717) is 49.9 Å². The molecule has 4 rings (SSSR count). The number of hydrogen-bond donors (Lipinski definition) is 0. The minimum absolute atomic E-state index is 0.0560. The molecule has 0 atom stereocenters. The Morgan fingerprint density at radius 3 is 2.48 bits per heavy atom. The van der Waals surface area contributed by atoms with Crippen LogP contribution < -0.4 is 0 Å². The molecule has 2 aliphatic rings. The normalized spacial score (nSPS) is 17.2. The van der Waals surface area contributed by atoms with Crippen LogP contribution in [-0.2, 0) is 4.79 Å². The van der Waals surface area contributed by atoms with Crippen molar-refractivity contribution in [1.82, 2.24) is 24.8 Å². The van der Waals surface area contributed by atoms with E-state index >= 15 is 0 Å². The molecule has 1 aliphatic heterocycles.